The molecule has 0 bridgehead atoms. The normalized spacial score (nSPS) is 32.1. The van der Waals surface area contributed by atoms with Crippen LogP contribution in [0.25, 0.3) is 0 Å². The van der Waals surface area contributed by atoms with Crippen molar-refractivity contribution in [3.05, 3.63) is 0 Å². The van der Waals surface area contributed by atoms with Crippen LogP contribution in [0.15, 0.2) is 0 Å². The molecule has 0 aromatic carbocycles. The smallest absolute Gasteiger partial charge is 0.207 e. The van der Waals surface area contributed by atoms with E-state index in [-0.39, 0.29) is 6.10 Å². The molecule has 2 unspecified atom stereocenters. The van der Waals surface area contributed by atoms with Crippen LogP contribution in [0.1, 0.15) is 19.8 Å². The van der Waals surface area contributed by atoms with Gasteiger partial charge in [0.25, 0.3) is 0 Å². The third-order valence-corrected chi connectivity index (χ3v) is 1.75. The molecule has 1 fully saturated rings. The van der Waals surface area contributed by atoms with Crippen LogP contribution in [0.3, 0.4) is 0 Å². The Morgan fingerprint density at radius 2 is 2.50 bits per heavy atom. The molecular weight excluding hydrogens is 130 g/mol. The first-order valence-electron chi connectivity index (χ1n) is 3.65. The summed E-state index contributed by atoms with van der Waals surface area (Å²) in [7, 11) is 0. The minimum atomic E-state index is 0.250. The van der Waals surface area contributed by atoms with Gasteiger partial charge in [0.2, 0.25) is 6.41 Å². The number of amides is 1. The van der Waals surface area contributed by atoms with Gasteiger partial charge in [-0.2, -0.15) is 0 Å². The van der Waals surface area contributed by atoms with Crippen LogP contribution in [0.2, 0.25) is 0 Å². The fourth-order valence-electron chi connectivity index (χ4n) is 1.21. The SMILES string of the molecule is CC1CCC(CNC=O)O1. The van der Waals surface area contributed by atoms with E-state index in [1.807, 2.05) is 0 Å². The Labute approximate surface area is 60.7 Å². The average Bonchev–Trinajstić information content (AvgIpc) is 2.31. The van der Waals surface area contributed by atoms with Gasteiger partial charge in [-0.3, -0.25) is 4.79 Å². The highest BCUT2D eigenvalue weighted by molar-refractivity contribution is 5.45. The molecule has 0 saturated carbocycles. The van der Waals surface area contributed by atoms with Crippen molar-refractivity contribution >= 4 is 6.41 Å². The summed E-state index contributed by atoms with van der Waals surface area (Å²) in [5.41, 5.74) is 0. The van der Waals surface area contributed by atoms with E-state index >= 15 is 0 Å². The third kappa shape index (κ3) is 1.99. The monoisotopic (exact) mass is 143 g/mol. The van der Waals surface area contributed by atoms with E-state index in [1.165, 1.54) is 0 Å². The average molecular weight is 143 g/mol. The largest absolute Gasteiger partial charge is 0.373 e. The summed E-state index contributed by atoms with van der Waals surface area (Å²) in [5.74, 6) is 0. The first kappa shape index (κ1) is 7.54. The fraction of sp³-hybridized carbons (Fsp3) is 0.857. The molecule has 10 heavy (non-hydrogen) atoms. The zero-order valence-corrected chi connectivity index (χ0v) is 6.17. The van der Waals surface area contributed by atoms with Gasteiger partial charge >= 0.3 is 0 Å². The van der Waals surface area contributed by atoms with E-state index in [9.17, 15) is 4.79 Å². The number of rotatable bonds is 3. The molecule has 1 rings (SSSR count). The first-order chi connectivity index (χ1) is 4.83. The van der Waals surface area contributed by atoms with Gasteiger partial charge in [0.05, 0.1) is 12.2 Å². The molecule has 1 aliphatic rings. The molecule has 0 aromatic heterocycles. The predicted octanol–water partition coefficient (Wildman–Crippen LogP) is 0.300. The van der Waals surface area contributed by atoms with E-state index in [0.717, 1.165) is 12.8 Å². The summed E-state index contributed by atoms with van der Waals surface area (Å²) < 4.78 is 5.44. The lowest BCUT2D eigenvalue weighted by molar-refractivity contribution is -0.110. The minimum absolute atomic E-state index is 0.250. The molecule has 1 aliphatic heterocycles. The Bertz CT molecular complexity index is 116. The Kier molecular flexibility index (Phi) is 2.68. The van der Waals surface area contributed by atoms with Gasteiger partial charge < -0.3 is 10.1 Å². The topological polar surface area (TPSA) is 38.3 Å². The number of ether oxygens (including phenoxy) is 1. The summed E-state index contributed by atoms with van der Waals surface area (Å²) in [6.45, 7) is 2.72. The maximum absolute atomic E-state index is 9.88. The van der Waals surface area contributed by atoms with Crippen molar-refractivity contribution in [3.63, 3.8) is 0 Å². The number of nitrogens with one attached hydrogen (secondary N) is 1. The summed E-state index contributed by atoms with van der Waals surface area (Å²) in [4.78, 5) is 9.88. The Hall–Kier alpha value is -0.570. The van der Waals surface area contributed by atoms with Crippen LogP contribution in [0, 0.1) is 0 Å². The summed E-state index contributed by atoms with van der Waals surface area (Å²) in [6.07, 6.45) is 3.53. The lowest BCUT2D eigenvalue weighted by Gasteiger charge is -2.08. The summed E-state index contributed by atoms with van der Waals surface area (Å²) in [6, 6.07) is 0. The van der Waals surface area contributed by atoms with Gasteiger partial charge in [0, 0.05) is 6.54 Å². The second-order valence-corrected chi connectivity index (χ2v) is 2.67. The summed E-state index contributed by atoms with van der Waals surface area (Å²) >= 11 is 0. The molecule has 1 amide bonds. The van der Waals surface area contributed by atoms with E-state index in [1.54, 1.807) is 0 Å². The zero-order valence-electron chi connectivity index (χ0n) is 6.17. The van der Waals surface area contributed by atoms with E-state index in [2.05, 4.69) is 12.2 Å². The molecule has 3 nitrogen and oxygen atoms in total. The molecule has 1 heterocycles. The second kappa shape index (κ2) is 3.56. The van der Waals surface area contributed by atoms with Gasteiger partial charge in [-0.05, 0) is 19.8 Å². The first-order valence-corrected chi connectivity index (χ1v) is 3.65. The highest BCUT2D eigenvalue weighted by atomic mass is 16.5. The van der Waals surface area contributed by atoms with E-state index in [0.29, 0.717) is 19.1 Å². The standard InChI is InChI=1S/C7H13NO2/c1-6-2-3-7(10-6)4-8-5-9/h5-7H,2-4H2,1H3,(H,8,9). The molecule has 0 radical (unpaired) electrons. The molecule has 1 saturated heterocycles. The van der Waals surface area contributed by atoms with Crippen molar-refractivity contribution in [2.24, 2.45) is 0 Å². The maximum atomic E-state index is 9.88. The lowest BCUT2D eigenvalue weighted by atomic mass is 10.2. The number of hydrogen-bond acceptors (Lipinski definition) is 2. The van der Waals surface area contributed by atoms with Crippen molar-refractivity contribution in [1.29, 1.82) is 0 Å². The zero-order chi connectivity index (χ0) is 7.40. The lowest BCUT2D eigenvalue weighted by Crippen LogP contribution is -2.25. The predicted molar refractivity (Wildman–Crippen MR) is 37.6 cm³/mol. The van der Waals surface area contributed by atoms with Crippen molar-refractivity contribution in [3.8, 4) is 0 Å². The van der Waals surface area contributed by atoms with Crippen molar-refractivity contribution < 1.29 is 9.53 Å². The molecular formula is C7H13NO2. The number of hydrogen-bond donors (Lipinski definition) is 1. The molecule has 2 atom stereocenters. The Morgan fingerprint density at radius 1 is 1.70 bits per heavy atom. The van der Waals surface area contributed by atoms with Crippen LogP contribution in [0.5, 0.6) is 0 Å². The number of carbonyl (C=O) groups excluding carboxylic acids is 1. The van der Waals surface area contributed by atoms with Crippen LogP contribution in [0.4, 0.5) is 0 Å². The fourth-order valence-corrected chi connectivity index (χ4v) is 1.21. The molecule has 0 spiro atoms. The molecule has 1 N–H and O–H groups in total. The highest BCUT2D eigenvalue weighted by Gasteiger charge is 2.20. The van der Waals surface area contributed by atoms with E-state index in [4.69, 9.17) is 4.74 Å². The highest BCUT2D eigenvalue weighted by Crippen LogP contribution is 2.17. The molecule has 3 heteroatoms. The quantitative estimate of drug-likeness (QED) is 0.577. The maximum Gasteiger partial charge on any atom is 0.207 e. The number of carbonyl (C=O) groups is 1. The van der Waals surface area contributed by atoms with E-state index < -0.39 is 0 Å². The van der Waals surface area contributed by atoms with Gasteiger partial charge in [-0.1, -0.05) is 0 Å². The molecule has 0 aromatic rings. The van der Waals surface area contributed by atoms with Crippen LogP contribution in [-0.2, 0) is 9.53 Å². The van der Waals surface area contributed by atoms with Crippen LogP contribution >= 0.6 is 0 Å². The minimum Gasteiger partial charge on any atom is -0.373 e. The van der Waals surface area contributed by atoms with Gasteiger partial charge in [-0.15, -0.1) is 0 Å². The van der Waals surface area contributed by atoms with Gasteiger partial charge in [-0.25, -0.2) is 0 Å². The third-order valence-electron chi connectivity index (χ3n) is 1.75. The van der Waals surface area contributed by atoms with Gasteiger partial charge in [0.1, 0.15) is 0 Å². The molecule has 58 valence electrons. The second-order valence-electron chi connectivity index (χ2n) is 2.67. The molecule has 0 aliphatic carbocycles. The Morgan fingerprint density at radius 3 is 3.00 bits per heavy atom. The van der Waals surface area contributed by atoms with Crippen LogP contribution < -0.4 is 5.32 Å². The Balaban J connectivity index is 2.12. The summed E-state index contributed by atoms with van der Waals surface area (Å²) in [5, 5.41) is 2.61. The van der Waals surface area contributed by atoms with Crippen LogP contribution in [-0.4, -0.2) is 25.2 Å². The van der Waals surface area contributed by atoms with Crippen molar-refractivity contribution in [2.45, 2.75) is 32.0 Å². The van der Waals surface area contributed by atoms with Gasteiger partial charge in [0.15, 0.2) is 0 Å². The van der Waals surface area contributed by atoms with Crippen molar-refractivity contribution in [2.75, 3.05) is 6.54 Å². The van der Waals surface area contributed by atoms with Crippen molar-refractivity contribution in [1.82, 2.24) is 5.32 Å².